The Morgan fingerprint density at radius 2 is 0.839 bits per heavy atom. The van der Waals surface area contributed by atoms with Crippen molar-refractivity contribution < 1.29 is 37.3 Å². The zero-order valence-electron chi connectivity index (χ0n) is 42.1. The number of hydrogen-bond donors (Lipinski definition) is 0. The summed E-state index contributed by atoms with van der Waals surface area (Å²) in [6, 6.07) is 0. The van der Waals surface area contributed by atoms with Gasteiger partial charge in [0.1, 0.15) is 19.3 Å². The molecule has 0 aromatic heterocycles. The van der Waals surface area contributed by atoms with Crippen molar-refractivity contribution in [3.05, 3.63) is 12.2 Å². The summed E-state index contributed by atoms with van der Waals surface area (Å²) in [5, 5.41) is 0. The Hall–Kier alpha value is -0.760. The summed E-state index contributed by atoms with van der Waals surface area (Å²) in [7, 11) is 1.37. The van der Waals surface area contributed by atoms with Gasteiger partial charge in [0, 0.05) is 13.0 Å². The van der Waals surface area contributed by atoms with Crippen molar-refractivity contribution in [1.29, 1.82) is 0 Å². The summed E-state index contributed by atoms with van der Waals surface area (Å²) in [6.07, 6.45) is 53.8. The Morgan fingerprint density at radius 1 is 0.484 bits per heavy atom. The molecule has 0 amide bonds. The molecule has 0 rings (SSSR count). The zero-order valence-corrected chi connectivity index (χ0v) is 43.0. The zero-order chi connectivity index (χ0) is 45.5. The van der Waals surface area contributed by atoms with Crippen molar-refractivity contribution in [2.75, 3.05) is 54.1 Å². The molecule has 0 aliphatic heterocycles. The molecule has 62 heavy (non-hydrogen) atoms. The van der Waals surface area contributed by atoms with Crippen LogP contribution in [0, 0.1) is 0 Å². The van der Waals surface area contributed by atoms with Gasteiger partial charge in [0.05, 0.1) is 34.4 Å². The van der Waals surface area contributed by atoms with E-state index in [2.05, 4.69) is 26.0 Å². The molecule has 0 aliphatic rings. The molecule has 0 heterocycles. The fourth-order valence-corrected chi connectivity index (χ4v) is 8.63. The summed E-state index contributed by atoms with van der Waals surface area (Å²) in [5.41, 5.74) is 0. The molecule has 0 aromatic carbocycles. The van der Waals surface area contributed by atoms with Crippen molar-refractivity contribution >= 4 is 13.8 Å². The number of esters is 1. The van der Waals surface area contributed by atoms with E-state index < -0.39 is 13.9 Å². The van der Waals surface area contributed by atoms with E-state index in [1.807, 2.05) is 21.1 Å². The summed E-state index contributed by atoms with van der Waals surface area (Å²) >= 11 is 0. The largest absolute Gasteiger partial charge is 0.756 e. The number of carbonyl (C=O) groups is 1. The van der Waals surface area contributed by atoms with E-state index in [0.29, 0.717) is 24.1 Å². The number of phosphoric acid groups is 1. The number of nitrogens with zero attached hydrogens (tertiary/aromatic N) is 1. The van der Waals surface area contributed by atoms with Gasteiger partial charge >= 0.3 is 5.97 Å². The Morgan fingerprint density at radius 3 is 1.23 bits per heavy atom. The maximum Gasteiger partial charge on any atom is 0.306 e. The second-order valence-electron chi connectivity index (χ2n) is 19.6. The lowest BCUT2D eigenvalue weighted by atomic mass is 10.0. The third-order valence-corrected chi connectivity index (χ3v) is 13.0. The number of ether oxygens (including phenoxy) is 2. The molecule has 9 heteroatoms. The van der Waals surface area contributed by atoms with Crippen LogP contribution in [0.2, 0.25) is 0 Å². The van der Waals surface area contributed by atoms with Gasteiger partial charge in [-0.05, 0) is 38.5 Å². The van der Waals surface area contributed by atoms with Gasteiger partial charge in [-0.25, -0.2) is 0 Å². The van der Waals surface area contributed by atoms with Gasteiger partial charge < -0.3 is 27.9 Å². The third-order valence-electron chi connectivity index (χ3n) is 12.1. The molecule has 0 saturated carbocycles. The van der Waals surface area contributed by atoms with Crippen LogP contribution in [0.15, 0.2) is 12.2 Å². The smallest absolute Gasteiger partial charge is 0.306 e. The number of hydrogen-bond acceptors (Lipinski definition) is 7. The molecular weight excluding hydrogens is 794 g/mol. The van der Waals surface area contributed by atoms with E-state index in [1.165, 1.54) is 212 Å². The average molecular weight is 900 g/mol. The first-order valence-electron chi connectivity index (χ1n) is 26.9. The molecule has 370 valence electrons. The maximum atomic E-state index is 12.8. The number of allylic oxidation sites excluding steroid dienone is 2. The molecule has 0 spiro atoms. The highest BCUT2D eigenvalue weighted by molar-refractivity contribution is 7.45. The number of unbranched alkanes of at least 4 members (excludes halogenated alkanes) is 35. The van der Waals surface area contributed by atoms with E-state index in [-0.39, 0.29) is 25.8 Å². The quantitative estimate of drug-likeness (QED) is 0.0197. The summed E-state index contributed by atoms with van der Waals surface area (Å²) in [5.74, 6) is -0.329. The highest BCUT2D eigenvalue weighted by Gasteiger charge is 2.20. The molecule has 8 nitrogen and oxygen atoms in total. The van der Waals surface area contributed by atoms with Crippen molar-refractivity contribution in [2.24, 2.45) is 0 Å². The van der Waals surface area contributed by atoms with Crippen LogP contribution in [0.1, 0.15) is 264 Å². The molecule has 0 radical (unpaired) electrons. The van der Waals surface area contributed by atoms with Crippen LogP contribution in [0.5, 0.6) is 0 Å². The van der Waals surface area contributed by atoms with Crippen LogP contribution in [0.25, 0.3) is 0 Å². The highest BCUT2D eigenvalue weighted by atomic mass is 31.2. The van der Waals surface area contributed by atoms with Gasteiger partial charge in [-0.1, -0.05) is 231 Å². The molecule has 0 aromatic rings. The predicted molar refractivity (Wildman–Crippen MR) is 264 cm³/mol. The first kappa shape index (κ1) is 61.2. The molecule has 2 atom stereocenters. The second kappa shape index (κ2) is 46.8. The SMILES string of the molecule is CCCCCCCCCC/C=C\CCCCCCCCCCCC(=O)OC(COCCCCCCCCCCCCCCCCCCCCC)COP(=O)([O-])OCC[N+](C)(C)C. The van der Waals surface area contributed by atoms with E-state index in [4.69, 9.17) is 18.5 Å². The van der Waals surface area contributed by atoms with Crippen LogP contribution in [0.4, 0.5) is 0 Å². The monoisotopic (exact) mass is 900 g/mol. The van der Waals surface area contributed by atoms with Gasteiger partial charge in [0.25, 0.3) is 7.82 Å². The first-order chi connectivity index (χ1) is 30.1. The molecule has 0 fully saturated rings. The number of likely N-dealkylation sites (N-methyl/N-ethyl adjacent to an activating group) is 1. The Balaban J connectivity index is 4.08. The number of carbonyl (C=O) groups excluding carboxylic acids is 1. The van der Waals surface area contributed by atoms with Gasteiger partial charge in [-0.15, -0.1) is 0 Å². The van der Waals surface area contributed by atoms with Crippen molar-refractivity contribution in [1.82, 2.24) is 0 Å². The first-order valence-corrected chi connectivity index (χ1v) is 28.4. The molecule has 0 aliphatic carbocycles. The lowest BCUT2D eigenvalue weighted by molar-refractivity contribution is -0.870. The van der Waals surface area contributed by atoms with Crippen LogP contribution in [0.3, 0.4) is 0 Å². The lowest BCUT2D eigenvalue weighted by Gasteiger charge is -2.28. The average Bonchev–Trinajstić information content (AvgIpc) is 3.23. The Labute approximate surface area is 386 Å². The van der Waals surface area contributed by atoms with Crippen molar-refractivity contribution in [3.8, 4) is 0 Å². The minimum Gasteiger partial charge on any atom is -0.756 e. The summed E-state index contributed by atoms with van der Waals surface area (Å²) in [4.78, 5) is 25.2. The predicted octanol–water partition coefficient (Wildman–Crippen LogP) is 15.9. The van der Waals surface area contributed by atoms with Crippen LogP contribution in [-0.4, -0.2) is 70.7 Å². The third kappa shape index (κ3) is 50.2. The fourth-order valence-electron chi connectivity index (χ4n) is 7.90. The molecule has 0 N–H and O–H groups in total. The summed E-state index contributed by atoms with van der Waals surface area (Å²) in [6.45, 7) is 5.48. The minimum absolute atomic E-state index is 0.0295. The van der Waals surface area contributed by atoms with Crippen LogP contribution >= 0.6 is 7.82 Å². The van der Waals surface area contributed by atoms with Crippen molar-refractivity contribution in [3.63, 3.8) is 0 Å². The van der Waals surface area contributed by atoms with Crippen LogP contribution in [-0.2, 0) is 27.9 Å². The Kier molecular flexibility index (Phi) is 46.2. The molecule has 2 unspecified atom stereocenters. The van der Waals surface area contributed by atoms with E-state index in [9.17, 15) is 14.3 Å². The normalized spacial score (nSPS) is 13.6. The van der Waals surface area contributed by atoms with Gasteiger partial charge in [-0.2, -0.15) is 0 Å². The fraction of sp³-hybridized carbons (Fsp3) is 0.943. The molecule has 0 bridgehead atoms. The molecular formula is C53H106NO7P. The Bertz CT molecular complexity index is 1000. The van der Waals surface area contributed by atoms with Crippen LogP contribution < -0.4 is 4.89 Å². The van der Waals surface area contributed by atoms with Gasteiger partial charge in [-0.3, -0.25) is 9.36 Å². The number of phosphoric ester groups is 1. The summed E-state index contributed by atoms with van der Waals surface area (Å²) < 4.78 is 34.8. The lowest BCUT2D eigenvalue weighted by Crippen LogP contribution is -2.37. The van der Waals surface area contributed by atoms with E-state index >= 15 is 0 Å². The maximum absolute atomic E-state index is 12.8. The second-order valence-corrected chi connectivity index (χ2v) is 21.0. The van der Waals surface area contributed by atoms with Gasteiger partial charge in [0.2, 0.25) is 0 Å². The topological polar surface area (TPSA) is 94.1 Å². The van der Waals surface area contributed by atoms with Gasteiger partial charge in [0.15, 0.2) is 0 Å². The van der Waals surface area contributed by atoms with Crippen molar-refractivity contribution in [2.45, 2.75) is 270 Å². The highest BCUT2D eigenvalue weighted by Crippen LogP contribution is 2.38. The van der Waals surface area contributed by atoms with E-state index in [0.717, 1.165) is 32.1 Å². The minimum atomic E-state index is -4.53. The standard InChI is InChI=1S/C53H106NO7P/c1-6-8-10-12-14-16-18-20-22-24-26-27-28-30-32-34-36-38-40-42-44-46-53(55)61-52(51-60-62(56,57)59-49-47-54(3,4)5)50-58-48-45-43-41-39-37-35-33-31-29-25-23-21-19-17-15-13-11-9-7-2/h24,26,52H,6-23,25,27-51H2,1-5H3/b26-24-. The molecule has 0 saturated heterocycles. The number of rotatable bonds is 51. The number of quaternary nitrogens is 1. The van der Waals surface area contributed by atoms with E-state index in [1.54, 1.807) is 0 Å².